The van der Waals surface area contributed by atoms with Crippen molar-refractivity contribution < 1.29 is 19.4 Å². The number of aliphatic hydroxyl groups is 1. The van der Waals surface area contributed by atoms with Gasteiger partial charge in [0, 0.05) is 13.0 Å². The van der Waals surface area contributed by atoms with Crippen LogP contribution in [0.4, 0.5) is 0 Å². The second-order valence-corrected chi connectivity index (χ2v) is 3.88. The number of esters is 1. The van der Waals surface area contributed by atoms with Gasteiger partial charge in [-0.15, -0.1) is 0 Å². The Labute approximate surface area is 101 Å². The maximum absolute atomic E-state index is 11.8. The summed E-state index contributed by atoms with van der Waals surface area (Å²) >= 11 is 0. The lowest BCUT2D eigenvalue weighted by Gasteiger charge is -2.12. The molecule has 94 valence electrons. The van der Waals surface area contributed by atoms with Crippen molar-refractivity contribution in [3.8, 4) is 5.75 Å². The van der Waals surface area contributed by atoms with Crippen molar-refractivity contribution in [2.75, 3.05) is 20.3 Å². The number of aryl methyl sites for hydroxylation is 2. The van der Waals surface area contributed by atoms with Crippen LogP contribution in [0.3, 0.4) is 0 Å². The van der Waals surface area contributed by atoms with E-state index >= 15 is 0 Å². The van der Waals surface area contributed by atoms with E-state index in [1.54, 1.807) is 6.07 Å². The minimum atomic E-state index is -0.415. The van der Waals surface area contributed by atoms with Crippen molar-refractivity contribution in [2.24, 2.45) is 0 Å². The molecule has 4 heteroatoms. The van der Waals surface area contributed by atoms with E-state index in [2.05, 4.69) is 0 Å². The molecule has 0 heterocycles. The van der Waals surface area contributed by atoms with E-state index in [4.69, 9.17) is 14.6 Å². The topological polar surface area (TPSA) is 55.8 Å². The number of carbonyl (C=O) groups excluding carboxylic acids is 1. The summed E-state index contributed by atoms with van der Waals surface area (Å²) in [5, 5.41) is 8.62. The number of hydrogen-bond acceptors (Lipinski definition) is 4. The van der Waals surface area contributed by atoms with Crippen LogP contribution in [0.5, 0.6) is 5.75 Å². The van der Waals surface area contributed by atoms with Crippen LogP contribution in [0, 0.1) is 13.8 Å². The summed E-state index contributed by atoms with van der Waals surface area (Å²) in [5.41, 5.74) is 2.32. The monoisotopic (exact) mass is 238 g/mol. The minimum Gasteiger partial charge on any atom is -0.496 e. The predicted molar refractivity (Wildman–Crippen MR) is 64.5 cm³/mol. The fourth-order valence-electron chi connectivity index (χ4n) is 1.68. The Hall–Kier alpha value is -1.55. The molecule has 0 radical (unpaired) electrons. The highest BCUT2D eigenvalue weighted by Crippen LogP contribution is 2.25. The molecule has 0 saturated heterocycles. The van der Waals surface area contributed by atoms with Gasteiger partial charge in [-0.25, -0.2) is 4.79 Å². The molecule has 0 aromatic heterocycles. The van der Waals surface area contributed by atoms with E-state index in [0.717, 1.165) is 11.1 Å². The van der Waals surface area contributed by atoms with E-state index in [9.17, 15) is 4.79 Å². The Morgan fingerprint density at radius 1 is 1.35 bits per heavy atom. The molecule has 0 aliphatic carbocycles. The molecule has 1 aromatic carbocycles. The highest BCUT2D eigenvalue weighted by molar-refractivity contribution is 5.93. The van der Waals surface area contributed by atoms with Gasteiger partial charge in [-0.2, -0.15) is 0 Å². The molecule has 1 aromatic rings. The van der Waals surface area contributed by atoms with Crippen molar-refractivity contribution in [1.82, 2.24) is 0 Å². The highest BCUT2D eigenvalue weighted by Gasteiger charge is 2.16. The summed E-state index contributed by atoms with van der Waals surface area (Å²) in [6.45, 7) is 4.02. The lowest BCUT2D eigenvalue weighted by Crippen LogP contribution is -2.10. The largest absolute Gasteiger partial charge is 0.496 e. The first-order valence-electron chi connectivity index (χ1n) is 5.53. The van der Waals surface area contributed by atoms with Crippen LogP contribution in [0.25, 0.3) is 0 Å². The van der Waals surface area contributed by atoms with Gasteiger partial charge in [0.1, 0.15) is 11.3 Å². The van der Waals surface area contributed by atoms with E-state index < -0.39 is 5.97 Å². The summed E-state index contributed by atoms with van der Waals surface area (Å²) < 4.78 is 10.3. The van der Waals surface area contributed by atoms with Crippen LogP contribution in [-0.4, -0.2) is 31.4 Å². The van der Waals surface area contributed by atoms with Gasteiger partial charge in [-0.3, -0.25) is 0 Å². The first-order valence-corrected chi connectivity index (χ1v) is 5.53. The van der Waals surface area contributed by atoms with Crippen molar-refractivity contribution in [2.45, 2.75) is 20.3 Å². The van der Waals surface area contributed by atoms with Crippen molar-refractivity contribution in [3.05, 3.63) is 28.8 Å². The fraction of sp³-hybridized carbons (Fsp3) is 0.462. The quantitative estimate of drug-likeness (QED) is 0.628. The molecule has 1 rings (SSSR count). The van der Waals surface area contributed by atoms with Gasteiger partial charge in [0.25, 0.3) is 0 Å². The first-order chi connectivity index (χ1) is 8.10. The van der Waals surface area contributed by atoms with E-state index in [0.29, 0.717) is 17.7 Å². The summed E-state index contributed by atoms with van der Waals surface area (Å²) in [7, 11) is 1.53. The second kappa shape index (κ2) is 6.25. The van der Waals surface area contributed by atoms with E-state index in [1.165, 1.54) is 7.11 Å². The molecule has 4 nitrogen and oxygen atoms in total. The van der Waals surface area contributed by atoms with Gasteiger partial charge in [-0.05, 0) is 31.0 Å². The zero-order valence-electron chi connectivity index (χ0n) is 10.4. The number of aliphatic hydroxyl groups excluding tert-OH is 1. The molecule has 0 atom stereocenters. The van der Waals surface area contributed by atoms with Gasteiger partial charge >= 0.3 is 5.97 Å². The van der Waals surface area contributed by atoms with Crippen LogP contribution < -0.4 is 4.74 Å². The molecule has 17 heavy (non-hydrogen) atoms. The molecule has 0 fully saturated rings. The van der Waals surface area contributed by atoms with Crippen LogP contribution in [-0.2, 0) is 4.74 Å². The van der Waals surface area contributed by atoms with Gasteiger partial charge in [0.2, 0.25) is 0 Å². The molecule has 0 bridgehead atoms. The third-order valence-corrected chi connectivity index (χ3v) is 2.38. The van der Waals surface area contributed by atoms with Gasteiger partial charge < -0.3 is 14.6 Å². The predicted octanol–water partition coefficient (Wildman–Crippen LogP) is 1.85. The Morgan fingerprint density at radius 3 is 2.65 bits per heavy atom. The number of methoxy groups -OCH3 is 1. The minimum absolute atomic E-state index is 0.0112. The Kier molecular flexibility index (Phi) is 4.97. The number of carbonyl (C=O) groups is 1. The smallest absolute Gasteiger partial charge is 0.341 e. The Morgan fingerprint density at radius 2 is 2.06 bits per heavy atom. The average Bonchev–Trinajstić information content (AvgIpc) is 2.28. The molecule has 0 saturated carbocycles. The molecule has 0 unspecified atom stereocenters. The number of rotatable bonds is 5. The van der Waals surface area contributed by atoms with E-state index in [1.807, 2.05) is 19.9 Å². The number of benzene rings is 1. The van der Waals surface area contributed by atoms with Gasteiger partial charge in [0.15, 0.2) is 0 Å². The van der Waals surface area contributed by atoms with Gasteiger partial charge in [0.05, 0.1) is 13.7 Å². The van der Waals surface area contributed by atoms with Crippen molar-refractivity contribution >= 4 is 5.97 Å². The van der Waals surface area contributed by atoms with Crippen molar-refractivity contribution in [1.29, 1.82) is 0 Å². The van der Waals surface area contributed by atoms with E-state index in [-0.39, 0.29) is 13.2 Å². The van der Waals surface area contributed by atoms with Gasteiger partial charge in [-0.1, -0.05) is 6.07 Å². The fourth-order valence-corrected chi connectivity index (χ4v) is 1.68. The molecule has 0 spiro atoms. The Bertz CT molecular complexity index is 399. The molecule has 1 N–H and O–H groups in total. The zero-order valence-corrected chi connectivity index (χ0v) is 10.4. The summed E-state index contributed by atoms with van der Waals surface area (Å²) in [4.78, 5) is 11.8. The maximum atomic E-state index is 11.8. The molecule has 0 aliphatic heterocycles. The molecular weight excluding hydrogens is 220 g/mol. The van der Waals surface area contributed by atoms with Crippen LogP contribution in [0.1, 0.15) is 27.9 Å². The normalized spacial score (nSPS) is 10.1. The first kappa shape index (κ1) is 13.5. The zero-order chi connectivity index (χ0) is 12.8. The lowest BCUT2D eigenvalue weighted by atomic mass is 10.1. The lowest BCUT2D eigenvalue weighted by molar-refractivity contribution is 0.0478. The standard InChI is InChI=1S/C13H18O4/c1-9-7-10(2)12(16-3)11(8-9)13(15)17-6-4-5-14/h7-8,14H,4-6H2,1-3H3. The second-order valence-electron chi connectivity index (χ2n) is 3.88. The Balaban J connectivity index is 2.91. The third kappa shape index (κ3) is 3.46. The van der Waals surface area contributed by atoms with Crippen molar-refractivity contribution in [3.63, 3.8) is 0 Å². The van der Waals surface area contributed by atoms with Crippen LogP contribution in [0.2, 0.25) is 0 Å². The molecular formula is C13H18O4. The summed E-state index contributed by atoms with van der Waals surface area (Å²) in [6, 6.07) is 3.69. The third-order valence-electron chi connectivity index (χ3n) is 2.38. The molecule has 0 aliphatic rings. The SMILES string of the molecule is COc1c(C)cc(C)cc1C(=O)OCCCO. The number of hydrogen-bond donors (Lipinski definition) is 1. The average molecular weight is 238 g/mol. The summed E-state index contributed by atoms with van der Waals surface area (Å²) in [5.74, 6) is 0.131. The van der Waals surface area contributed by atoms with Crippen LogP contribution in [0.15, 0.2) is 12.1 Å². The highest BCUT2D eigenvalue weighted by atomic mass is 16.5. The molecule has 0 amide bonds. The maximum Gasteiger partial charge on any atom is 0.341 e. The van der Waals surface area contributed by atoms with Crippen LogP contribution >= 0.6 is 0 Å². The summed E-state index contributed by atoms with van der Waals surface area (Å²) in [6.07, 6.45) is 0.443. The number of ether oxygens (including phenoxy) is 2.